The summed E-state index contributed by atoms with van der Waals surface area (Å²) in [7, 11) is 0. The van der Waals surface area contributed by atoms with E-state index < -0.39 is 0 Å². The first-order chi connectivity index (χ1) is 9.21. The Balaban J connectivity index is 1.57. The zero-order valence-electron chi connectivity index (χ0n) is 12.1. The Morgan fingerprint density at radius 2 is 2.11 bits per heavy atom. The van der Waals surface area contributed by atoms with E-state index in [1.54, 1.807) is 0 Å². The smallest absolute Gasteiger partial charge is 0.0952 e. The largest absolute Gasteiger partial charge is 0.372 e. The van der Waals surface area contributed by atoms with Crippen LogP contribution in [0.3, 0.4) is 0 Å². The number of rotatable bonds is 5. The van der Waals surface area contributed by atoms with Crippen LogP contribution in [0.15, 0.2) is 24.3 Å². The Morgan fingerprint density at radius 3 is 2.84 bits per heavy atom. The van der Waals surface area contributed by atoms with E-state index in [4.69, 9.17) is 4.74 Å². The molecule has 1 unspecified atom stereocenters. The van der Waals surface area contributed by atoms with Crippen LogP contribution in [0.25, 0.3) is 0 Å². The van der Waals surface area contributed by atoms with E-state index in [1.165, 1.54) is 24.0 Å². The van der Waals surface area contributed by atoms with Gasteiger partial charge in [-0.2, -0.15) is 0 Å². The van der Waals surface area contributed by atoms with E-state index in [-0.39, 0.29) is 6.10 Å². The highest BCUT2D eigenvalue weighted by Crippen LogP contribution is 2.51. The average molecular weight is 259 g/mol. The van der Waals surface area contributed by atoms with Gasteiger partial charge >= 0.3 is 0 Å². The third kappa shape index (κ3) is 2.70. The molecule has 0 saturated heterocycles. The number of hydrogen-bond acceptors (Lipinski definition) is 2. The van der Waals surface area contributed by atoms with E-state index in [1.807, 2.05) is 0 Å². The first kappa shape index (κ1) is 13.1. The molecule has 2 heteroatoms. The molecule has 1 saturated carbocycles. The molecule has 0 spiro atoms. The number of hydrogen-bond donors (Lipinski definition) is 1. The highest BCUT2D eigenvalue weighted by molar-refractivity contribution is 5.31. The third-order valence-electron chi connectivity index (χ3n) is 5.02. The van der Waals surface area contributed by atoms with Gasteiger partial charge in [0.2, 0.25) is 0 Å². The van der Waals surface area contributed by atoms with Crippen molar-refractivity contribution in [2.45, 2.75) is 39.2 Å². The molecule has 1 heterocycles. The molecule has 2 aliphatic rings. The Kier molecular flexibility index (Phi) is 3.64. The summed E-state index contributed by atoms with van der Waals surface area (Å²) in [6, 6.07) is 8.71. The summed E-state index contributed by atoms with van der Waals surface area (Å²) in [4.78, 5) is 0. The predicted octanol–water partition coefficient (Wildman–Crippen LogP) is 3.33. The lowest BCUT2D eigenvalue weighted by molar-refractivity contribution is 0.0413. The van der Waals surface area contributed by atoms with Gasteiger partial charge in [0.15, 0.2) is 0 Å². The van der Waals surface area contributed by atoms with Gasteiger partial charge in [0.05, 0.1) is 12.7 Å². The average Bonchev–Trinajstić information content (AvgIpc) is 3.20. The van der Waals surface area contributed by atoms with E-state index >= 15 is 0 Å². The van der Waals surface area contributed by atoms with Crippen molar-refractivity contribution in [2.24, 2.45) is 11.3 Å². The fraction of sp³-hybridized carbons (Fsp3) is 0.647. The molecule has 104 valence electrons. The molecule has 19 heavy (non-hydrogen) atoms. The SMILES string of the molecule is CC(C)C1(CNCC2OCCc3ccccc32)CC1. The summed E-state index contributed by atoms with van der Waals surface area (Å²) in [5, 5.41) is 3.66. The Labute approximate surface area is 116 Å². The number of fused-ring (bicyclic) bond motifs is 1. The quantitative estimate of drug-likeness (QED) is 0.876. The fourth-order valence-electron chi connectivity index (χ4n) is 3.22. The summed E-state index contributed by atoms with van der Waals surface area (Å²) in [6.45, 7) is 7.65. The number of ether oxygens (including phenoxy) is 1. The molecule has 1 N–H and O–H groups in total. The second-order valence-electron chi connectivity index (χ2n) is 6.46. The van der Waals surface area contributed by atoms with Gasteiger partial charge in [-0.25, -0.2) is 0 Å². The summed E-state index contributed by atoms with van der Waals surface area (Å²) < 4.78 is 5.94. The molecular weight excluding hydrogens is 234 g/mol. The lowest BCUT2D eigenvalue weighted by Crippen LogP contribution is -2.33. The summed E-state index contributed by atoms with van der Waals surface area (Å²) in [5.41, 5.74) is 3.43. The Bertz CT molecular complexity index is 437. The van der Waals surface area contributed by atoms with Crippen molar-refractivity contribution in [2.75, 3.05) is 19.7 Å². The standard InChI is InChI=1S/C17H25NO/c1-13(2)17(8-9-17)12-18-11-16-15-6-4-3-5-14(15)7-10-19-16/h3-6,13,16,18H,7-12H2,1-2H3. The second-order valence-corrected chi connectivity index (χ2v) is 6.46. The molecule has 3 rings (SSSR count). The van der Waals surface area contributed by atoms with Crippen LogP contribution < -0.4 is 5.32 Å². The molecule has 1 atom stereocenters. The van der Waals surface area contributed by atoms with E-state index in [9.17, 15) is 0 Å². The van der Waals surface area contributed by atoms with Crippen LogP contribution in [0.2, 0.25) is 0 Å². The molecule has 0 bridgehead atoms. The molecular formula is C17H25NO. The van der Waals surface area contributed by atoms with Crippen molar-refractivity contribution in [1.82, 2.24) is 5.32 Å². The van der Waals surface area contributed by atoms with Crippen LogP contribution in [0.1, 0.15) is 43.9 Å². The van der Waals surface area contributed by atoms with E-state index in [2.05, 4.69) is 43.4 Å². The first-order valence-electron chi connectivity index (χ1n) is 7.61. The minimum Gasteiger partial charge on any atom is -0.372 e. The van der Waals surface area contributed by atoms with Gasteiger partial charge in [-0.15, -0.1) is 0 Å². The highest BCUT2D eigenvalue weighted by atomic mass is 16.5. The third-order valence-corrected chi connectivity index (χ3v) is 5.02. The number of nitrogens with one attached hydrogen (secondary N) is 1. The number of benzene rings is 1. The minimum absolute atomic E-state index is 0.243. The maximum Gasteiger partial charge on any atom is 0.0952 e. The first-order valence-corrected chi connectivity index (χ1v) is 7.61. The summed E-state index contributed by atoms with van der Waals surface area (Å²) in [6.07, 6.45) is 4.08. The minimum atomic E-state index is 0.243. The van der Waals surface area contributed by atoms with Gasteiger partial charge in [0, 0.05) is 13.1 Å². The van der Waals surface area contributed by atoms with Gasteiger partial charge in [-0.05, 0) is 41.7 Å². The molecule has 1 aromatic carbocycles. The van der Waals surface area contributed by atoms with Gasteiger partial charge in [-0.1, -0.05) is 38.1 Å². The van der Waals surface area contributed by atoms with Crippen molar-refractivity contribution in [3.63, 3.8) is 0 Å². The van der Waals surface area contributed by atoms with Crippen molar-refractivity contribution >= 4 is 0 Å². The molecule has 1 aliphatic heterocycles. The summed E-state index contributed by atoms with van der Waals surface area (Å²) in [5.74, 6) is 0.791. The monoisotopic (exact) mass is 259 g/mol. The van der Waals surface area contributed by atoms with Crippen molar-refractivity contribution in [3.8, 4) is 0 Å². The Morgan fingerprint density at radius 1 is 1.32 bits per heavy atom. The van der Waals surface area contributed by atoms with Gasteiger partial charge < -0.3 is 10.1 Å². The van der Waals surface area contributed by atoms with Gasteiger partial charge in [-0.3, -0.25) is 0 Å². The van der Waals surface area contributed by atoms with E-state index in [0.717, 1.165) is 32.0 Å². The highest BCUT2D eigenvalue weighted by Gasteiger charge is 2.44. The molecule has 0 radical (unpaired) electrons. The van der Waals surface area contributed by atoms with Crippen molar-refractivity contribution in [1.29, 1.82) is 0 Å². The molecule has 2 nitrogen and oxygen atoms in total. The van der Waals surface area contributed by atoms with Crippen LogP contribution in [-0.4, -0.2) is 19.7 Å². The van der Waals surface area contributed by atoms with Crippen LogP contribution in [0.5, 0.6) is 0 Å². The maximum atomic E-state index is 5.94. The normalized spacial score (nSPS) is 24.3. The topological polar surface area (TPSA) is 21.3 Å². The van der Waals surface area contributed by atoms with E-state index in [0.29, 0.717) is 5.41 Å². The zero-order chi connectivity index (χ0) is 13.3. The summed E-state index contributed by atoms with van der Waals surface area (Å²) >= 11 is 0. The lowest BCUT2D eigenvalue weighted by Gasteiger charge is -2.28. The van der Waals surface area contributed by atoms with Crippen molar-refractivity contribution in [3.05, 3.63) is 35.4 Å². The molecule has 0 amide bonds. The molecule has 0 aromatic heterocycles. The zero-order valence-corrected chi connectivity index (χ0v) is 12.1. The predicted molar refractivity (Wildman–Crippen MR) is 78.2 cm³/mol. The lowest BCUT2D eigenvalue weighted by atomic mass is 9.92. The van der Waals surface area contributed by atoms with Crippen LogP contribution in [0, 0.1) is 11.3 Å². The van der Waals surface area contributed by atoms with Crippen molar-refractivity contribution < 1.29 is 4.74 Å². The second kappa shape index (κ2) is 5.26. The molecule has 1 aromatic rings. The van der Waals surface area contributed by atoms with Crippen LogP contribution in [0.4, 0.5) is 0 Å². The Hall–Kier alpha value is -0.860. The fourth-order valence-corrected chi connectivity index (χ4v) is 3.22. The van der Waals surface area contributed by atoms with Gasteiger partial charge in [0.1, 0.15) is 0 Å². The van der Waals surface area contributed by atoms with Gasteiger partial charge in [0.25, 0.3) is 0 Å². The maximum absolute atomic E-state index is 5.94. The molecule has 1 aliphatic carbocycles. The molecule has 1 fully saturated rings. The van der Waals surface area contributed by atoms with Crippen LogP contribution >= 0.6 is 0 Å². The van der Waals surface area contributed by atoms with Crippen LogP contribution in [-0.2, 0) is 11.2 Å².